The van der Waals surface area contributed by atoms with Gasteiger partial charge in [0.05, 0.1) is 5.56 Å². The third-order valence-corrected chi connectivity index (χ3v) is 4.09. The van der Waals surface area contributed by atoms with Gasteiger partial charge in [0, 0.05) is 35.0 Å². The number of carbonyl (C=O) groups is 2. The van der Waals surface area contributed by atoms with Crippen LogP contribution in [0, 0.1) is 0 Å². The molecular weight excluding hydrogens is 321 g/mol. The number of allylic oxidation sites excluding steroid dienone is 3. The Bertz CT molecular complexity index is 761. The molecule has 0 saturated carbocycles. The molecule has 4 nitrogen and oxygen atoms in total. The molecule has 0 spiro atoms. The smallest absolute Gasteiger partial charge is 0.369 e. The molecule has 0 saturated heterocycles. The minimum absolute atomic E-state index is 0.0676. The summed E-state index contributed by atoms with van der Waals surface area (Å²) in [7, 11) is 0. The number of nitrogens with zero attached hydrogens (tertiary/aromatic N) is 1. The standard InChI is InChI=1S/C17H17F3N2O2/c1-9-10(2)15(24)12(11(3)14(9)23)6-8-22-16-13(17(18,19)20)5-4-7-21-16/h4-5,7H,6,8H2,1-3H3,(H,21,22). The summed E-state index contributed by atoms with van der Waals surface area (Å²) in [5, 5.41) is 2.60. The Balaban J connectivity index is 2.14. The van der Waals surface area contributed by atoms with Crippen LogP contribution in [0.2, 0.25) is 0 Å². The fourth-order valence-electron chi connectivity index (χ4n) is 2.54. The van der Waals surface area contributed by atoms with Crippen LogP contribution < -0.4 is 5.32 Å². The summed E-state index contributed by atoms with van der Waals surface area (Å²) < 4.78 is 38.7. The summed E-state index contributed by atoms with van der Waals surface area (Å²) in [4.78, 5) is 28.0. The lowest BCUT2D eigenvalue weighted by atomic mass is 9.84. The van der Waals surface area contributed by atoms with E-state index in [0.29, 0.717) is 22.3 Å². The molecule has 0 fully saturated rings. The Morgan fingerprint density at radius 2 is 1.67 bits per heavy atom. The van der Waals surface area contributed by atoms with Crippen LogP contribution in [-0.4, -0.2) is 23.1 Å². The van der Waals surface area contributed by atoms with Crippen molar-refractivity contribution in [3.8, 4) is 0 Å². The van der Waals surface area contributed by atoms with Crippen molar-refractivity contribution in [2.75, 3.05) is 11.9 Å². The van der Waals surface area contributed by atoms with E-state index in [4.69, 9.17) is 0 Å². The van der Waals surface area contributed by atoms with E-state index in [0.717, 1.165) is 6.07 Å². The maximum atomic E-state index is 12.9. The number of aromatic nitrogens is 1. The number of anilines is 1. The lowest BCUT2D eigenvalue weighted by Gasteiger charge is -2.19. The molecule has 0 bridgehead atoms. The number of pyridine rings is 1. The first-order valence-electron chi connectivity index (χ1n) is 7.37. The van der Waals surface area contributed by atoms with Gasteiger partial charge in [-0.3, -0.25) is 9.59 Å². The number of alkyl halides is 3. The summed E-state index contributed by atoms with van der Waals surface area (Å²) in [6, 6.07) is 2.15. The lowest BCUT2D eigenvalue weighted by molar-refractivity contribution is -0.137. The van der Waals surface area contributed by atoms with Crippen molar-refractivity contribution in [3.05, 3.63) is 46.2 Å². The van der Waals surface area contributed by atoms with Gasteiger partial charge in [0.15, 0.2) is 11.6 Å². The van der Waals surface area contributed by atoms with Crippen molar-refractivity contribution in [3.63, 3.8) is 0 Å². The molecule has 128 valence electrons. The van der Waals surface area contributed by atoms with Gasteiger partial charge < -0.3 is 5.32 Å². The van der Waals surface area contributed by atoms with Gasteiger partial charge in [0.2, 0.25) is 0 Å². The van der Waals surface area contributed by atoms with Crippen LogP contribution in [-0.2, 0) is 15.8 Å². The highest BCUT2D eigenvalue weighted by Crippen LogP contribution is 2.33. The van der Waals surface area contributed by atoms with Crippen molar-refractivity contribution < 1.29 is 22.8 Å². The van der Waals surface area contributed by atoms with Crippen molar-refractivity contribution in [1.82, 2.24) is 4.98 Å². The molecule has 0 aliphatic heterocycles. The van der Waals surface area contributed by atoms with Gasteiger partial charge in [-0.2, -0.15) is 13.2 Å². The van der Waals surface area contributed by atoms with Crippen LogP contribution in [0.25, 0.3) is 0 Å². The Hall–Kier alpha value is -2.44. The molecule has 1 aliphatic carbocycles. The number of Topliss-reactive ketones (excluding diaryl/α,β-unsaturated/α-hetero) is 2. The number of carbonyl (C=O) groups excluding carboxylic acids is 2. The van der Waals surface area contributed by atoms with Crippen molar-refractivity contribution in [1.29, 1.82) is 0 Å². The molecule has 1 heterocycles. The van der Waals surface area contributed by atoms with Crippen LogP contribution in [0.1, 0.15) is 32.8 Å². The van der Waals surface area contributed by atoms with E-state index in [2.05, 4.69) is 10.3 Å². The molecule has 0 amide bonds. The zero-order chi connectivity index (χ0) is 18.1. The van der Waals surface area contributed by atoms with Crippen molar-refractivity contribution in [2.45, 2.75) is 33.4 Å². The molecule has 24 heavy (non-hydrogen) atoms. The first kappa shape index (κ1) is 17.9. The van der Waals surface area contributed by atoms with Gasteiger partial charge in [-0.25, -0.2) is 4.98 Å². The highest BCUT2D eigenvalue weighted by Gasteiger charge is 2.34. The average Bonchev–Trinajstić information content (AvgIpc) is 2.54. The minimum Gasteiger partial charge on any atom is -0.369 e. The Kier molecular flexibility index (Phi) is 4.91. The van der Waals surface area contributed by atoms with E-state index in [-0.39, 0.29) is 30.3 Å². The van der Waals surface area contributed by atoms with Crippen LogP contribution >= 0.6 is 0 Å². The van der Waals surface area contributed by atoms with Crippen molar-refractivity contribution >= 4 is 17.4 Å². The zero-order valence-electron chi connectivity index (χ0n) is 13.5. The fraction of sp³-hybridized carbons (Fsp3) is 0.353. The third-order valence-electron chi connectivity index (χ3n) is 4.09. The van der Waals surface area contributed by atoms with Gasteiger partial charge in [-0.05, 0) is 39.3 Å². The predicted octanol–water partition coefficient (Wildman–Crippen LogP) is 3.71. The zero-order valence-corrected chi connectivity index (χ0v) is 13.5. The molecule has 1 N–H and O–H groups in total. The molecule has 1 aromatic heterocycles. The highest BCUT2D eigenvalue weighted by molar-refractivity contribution is 6.24. The van der Waals surface area contributed by atoms with Gasteiger partial charge in [0.25, 0.3) is 0 Å². The minimum atomic E-state index is -4.52. The Labute approximate surface area is 137 Å². The predicted molar refractivity (Wildman–Crippen MR) is 83.4 cm³/mol. The second-order valence-electron chi connectivity index (χ2n) is 5.59. The number of nitrogens with one attached hydrogen (secondary N) is 1. The molecule has 0 unspecified atom stereocenters. The fourth-order valence-corrected chi connectivity index (χ4v) is 2.54. The molecular formula is C17H17F3N2O2. The van der Waals surface area contributed by atoms with E-state index in [1.165, 1.54) is 12.3 Å². The monoisotopic (exact) mass is 338 g/mol. The van der Waals surface area contributed by atoms with Crippen LogP contribution in [0.3, 0.4) is 0 Å². The summed E-state index contributed by atoms with van der Waals surface area (Å²) in [6.07, 6.45) is -3.11. The molecule has 1 aromatic rings. The average molecular weight is 338 g/mol. The van der Waals surface area contributed by atoms with Crippen LogP contribution in [0.4, 0.5) is 19.0 Å². The van der Waals surface area contributed by atoms with E-state index in [1.807, 2.05) is 0 Å². The number of ketones is 2. The van der Waals surface area contributed by atoms with E-state index in [1.54, 1.807) is 20.8 Å². The molecule has 2 rings (SSSR count). The molecule has 1 aliphatic rings. The topological polar surface area (TPSA) is 59.1 Å². The van der Waals surface area contributed by atoms with E-state index >= 15 is 0 Å². The second-order valence-corrected chi connectivity index (χ2v) is 5.59. The van der Waals surface area contributed by atoms with Gasteiger partial charge in [-0.1, -0.05) is 0 Å². The quantitative estimate of drug-likeness (QED) is 0.851. The Morgan fingerprint density at radius 3 is 2.29 bits per heavy atom. The summed E-state index contributed by atoms with van der Waals surface area (Å²) in [6.45, 7) is 4.80. The normalized spacial score (nSPS) is 16.1. The largest absolute Gasteiger partial charge is 0.419 e. The SMILES string of the molecule is CC1=C(C)C(=O)C(CCNc2ncccc2C(F)(F)F)=C(C)C1=O. The first-order valence-corrected chi connectivity index (χ1v) is 7.37. The number of hydrogen-bond acceptors (Lipinski definition) is 4. The van der Waals surface area contributed by atoms with Gasteiger partial charge in [-0.15, -0.1) is 0 Å². The maximum Gasteiger partial charge on any atom is 0.419 e. The first-order chi connectivity index (χ1) is 11.1. The Morgan fingerprint density at radius 1 is 1.04 bits per heavy atom. The second kappa shape index (κ2) is 6.59. The molecule has 0 aromatic carbocycles. The van der Waals surface area contributed by atoms with Gasteiger partial charge >= 0.3 is 6.18 Å². The van der Waals surface area contributed by atoms with E-state index < -0.39 is 11.7 Å². The third kappa shape index (κ3) is 3.39. The maximum absolute atomic E-state index is 12.9. The summed E-state index contributed by atoms with van der Waals surface area (Å²) in [5.41, 5.74) is 0.614. The lowest BCUT2D eigenvalue weighted by Crippen LogP contribution is -2.22. The van der Waals surface area contributed by atoms with Crippen molar-refractivity contribution in [2.24, 2.45) is 0 Å². The highest BCUT2D eigenvalue weighted by atomic mass is 19.4. The summed E-state index contributed by atoms with van der Waals surface area (Å²) in [5.74, 6) is -0.722. The van der Waals surface area contributed by atoms with Gasteiger partial charge in [0.1, 0.15) is 5.82 Å². The number of halogens is 3. The molecule has 0 radical (unpaired) electrons. The van der Waals surface area contributed by atoms with E-state index in [9.17, 15) is 22.8 Å². The summed E-state index contributed by atoms with van der Waals surface area (Å²) >= 11 is 0. The molecule has 7 heteroatoms. The molecule has 0 atom stereocenters. The number of hydrogen-bond donors (Lipinski definition) is 1. The van der Waals surface area contributed by atoms with Crippen LogP contribution in [0.15, 0.2) is 40.6 Å². The van der Waals surface area contributed by atoms with Crippen LogP contribution in [0.5, 0.6) is 0 Å². The number of rotatable bonds is 4.